The molecule has 0 fully saturated rings. The third kappa shape index (κ3) is 8.68. The van der Waals surface area contributed by atoms with Crippen molar-refractivity contribution in [1.82, 2.24) is 10.6 Å². The molecule has 2 amide bonds. The van der Waals surface area contributed by atoms with Crippen molar-refractivity contribution in [2.24, 2.45) is 0 Å². The Kier molecular flexibility index (Phi) is 6.80. The van der Waals surface area contributed by atoms with Crippen molar-refractivity contribution in [2.45, 2.75) is 52.7 Å². The molecule has 0 saturated carbocycles. The molecule has 0 saturated heterocycles. The largest absolute Gasteiger partial charge is 0.366 e. The van der Waals surface area contributed by atoms with Gasteiger partial charge in [0.25, 0.3) is 0 Å². The van der Waals surface area contributed by atoms with Crippen molar-refractivity contribution in [1.29, 1.82) is 0 Å². The molecule has 0 aromatic heterocycles. The summed E-state index contributed by atoms with van der Waals surface area (Å²) in [5.41, 5.74) is -0.356. The number of hydrogen-bond acceptors (Lipinski definition) is 3. The molecule has 1 unspecified atom stereocenters. The molecular formula is C12H24N2O3. The van der Waals surface area contributed by atoms with E-state index in [-0.39, 0.29) is 24.0 Å². The summed E-state index contributed by atoms with van der Waals surface area (Å²) in [7, 11) is 0. The van der Waals surface area contributed by atoms with Gasteiger partial charge in [-0.1, -0.05) is 6.92 Å². The van der Waals surface area contributed by atoms with Gasteiger partial charge in [-0.3, -0.25) is 9.59 Å². The Hall–Kier alpha value is -1.10. The highest BCUT2D eigenvalue weighted by molar-refractivity contribution is 5.87. The van der Waals surface area contributed by atoms with Gasteiger partial charge in [-0.2, -0.15) is 0 Å². The molecule has 0 spiro atoms. The SMILES string of the molecule is CCCNC(=O)C(C)NC(=O)COC(C)(C)C. The molecule has 0 rings (SSSR count). The molecule has 1 atom stereocenters. The van der Waals surface area contributed by atoms with E-state index < -0.39 is 6.04 Å². The highest BCUT2D eigenvalue weighted by atomic mass is 16.5. The van der Waals surface area contributed by atoms with Crippen LogP contribution < -0.4 is 10.6 Å². The van der Waals surface area contributed by atoms with Gasteiger partial charge in [0.1, 0.15) is 12.6 Å². The lowest BCUT2D eigenvalue weighted by atomic mass is 10.2. The number of nitrogens with one attached hydrogen (secondary N) is 2. The van der Waals surface area contributed by atoms with Crippen molar-refractivity contribution < 1.29 is 14.3 Å². The smallest absolute Gasteiger partial charge is 0.246 e. The molecule has 0 aliphatic heterocycles. The number of carbonyl (C=O) groups is 2. The Morgan fingerprint density at radius 2 is 1.88 bits per heavy atom. The zero-order valence-electron chi connectivity index (χ0n) is 11.4. The summed E-state index contributed by atoms with van der Waals surface area (Å²) in [4.78, 5) is 22.9. The van der Waals surface area contributed by atoms with E-state index in [1.165, 1.54) is 0 Å². The third-order valence-electron chi connectivity index (χ3n) is 1.96. The minimum Gasteiger partial charge on any atom is -0.366 e. The Morgan fingerprint density at radius 1 is 1.29 bits per heavy atom. The van der Waals surface area contributed by atoms with Crippen molar-refractivity contribution in [3.8, 4) is 0 Å². The molecule has 2 N–H and O–H groups in total. The van der Waals surface area contributed by atoms with E-state index in [0.29, 0.717) is 6.54 Å². The fraction of sp³-hybridized carbons (Fsp3) is 0.833. The first kappa shape index (κ1) is 15.9. The quantitative estimate of drug-likeness (QED) is 0.727. The summed E-state index contributed by atoms with van der Waals surface area (Å²) < 4.78 is 5.31. The molecule has 17 heavy (non-hydrogen) atoms. The maximum Gasteiger partial charge on any atom is 0.246 e. The second kappa shape index (κ2) is 7.27. The summed E-state index contributed by atoms with van der Waals surface area (Å²) in [5.74, 6) is -0.449. The van der Waals surface area contributed by atoms with Gasteiger partial charge < -0.3 is 15.4 Å². The van der Waals surface area contributed by atoms with E-state index in [1.807, 2.05) is 27.7 Å². The monoisotopic (exact) mass is 244 g/mol. The summed E-state index contributed by atoms with van der Waals surface area (Å²) >= 11 is 0. The molecule has 5 nitrogen and oxygen atoms in total. The van der Waals surface area contributed by atoms with E-state index in [0.717, 1.165) is 6.42 Å². The van der Waals surface area contributed by atoms with Crippen molar-refractivity contribution in [3.05, 3.63) is 0 Å². The average molecular weight is 244 g/mol. The number of rotatable bonds is 6. The summed E-state index contributed by atoms with van der Waals surface area (Å²) in [6.07, 6.45) is 0.875. The molecule has 0 aromatic rings. The third-order valence-corrected chi connectivity index (χ3v) is 1.96. The molecular weight excluding hydrogens is 220 g/mol. The van der Waals surface area contributed by atoms with Crippen LogP contribution in [-0.2, 0) is 14.3 Å². The Morgan fingerprint density at radius 3 is 2.35 bits per heavy atom. The second-order valence-electron chi connectivity index (χ2n) is 4.98. The van der Waals surface area contributed by atoms with Gasteiger partial charge in [-0.15, -0.1) is 0 Å². The van der Waals surface area contributed by atoms with Gasteiger partial charge in [0, 0.05) is 6.54 Å². The molecule has 0 aromatic carbocycles. The predicted octanol–water partition coefficient (Wildman–Crippen LogP) is 0.832. The van der Waals surface area contributed by atoms with Crippen LogP contribution in [0.3, 0.4) is 0 Å². The minimum atomic E-state index is -0.530. The molecule has 0 heterocycles. The first-order chi connectivity index (χ1) is 7.76. The van der Waals surface area contributed by atoms with Crippen LogP contribution in [0.25, 0.3) is 0 Å². The van der Waals surface area contributed by atoms with Crippen LogP contribution in [0.1, 0.15) is 41.0 Å². The summed E-state index contributed by atoms with van der Waals surface area (Å²) in [5, 5.41) is 5.30. The zero-order valence-corrected chi connectivity index (χ0v) is 11.4. The van der Waals surface area contributed by atoms with Crippen LogP contribution in [0.5, 0.6) is 0 Å². The van der Waals surface area contributed by atoms with Gasteiger partial charge >= 0.3 is 0 Å². The standard InChI is InChI=1S/C12H24N2O3/c1-6-7-13-11(16)9(2)14-10(15)8-17-12(3,4)5/h9H,6-8H2,1-5H3,(H,13,16)(H,14,15). The Balaban J connectivity index is 3.91. The minimum absolute atomic E-state index is 0.0328. The molecule has 0 radical (unpaired) electrons. The van der Waals surface area contributed by atoms with Gasteiger partial charge in [-0.05, 0) is 34.1 Å². The lowest BCUT2D eigenvalue weighted by molar-refractivity contribution is -0.134. The first-order valence-corrected chi connectivity index (χ1v) is 5.97. The second-order valence-corrected chi connectivity index (χ2v) is 4.98. The van der Waals surface area contributed by atoms with Gasteiger partial charge in [0.15, 0.2) is 0 Å². The summed E-state index contributed by atoms with van der Waals surface area (Å²) in [6.45, 7) is 9.83. The number of amides is 2. The van der Waals surface area contributed by atoms with Gasteiger partial charge in [0.05, 0.1) is 5.60 Å². The topological polar surface area (TPSA) is 67.4 Å². The fourth-order valence-electron chi connectivity index (χ4n) is 1.03. The van der Waals surface area contributed by atoms with Crippen molar-refractivity contribution >= 4 is 11.8 Å². The molecule has 100 valence electrons. The van der Waals surface area contributed by atoms with E-state index in [4.69, 9.17) is 4.74 Å². The van der Waals surface area contributed by atoms with E-state index in [2.05, 4.69) is 10.6 Å². The lowest BCUT2D eigenvalue weighted by Gasteiger charge is -2.20. The fourth-order valence-corrected chi connectivity index (χ4v) is 1.03. The van der Waals surface area contributed by atoms with Crippen LogP contribution in [0.15, 0.2) is 0 Å². The molecule has 0 aliphatic carbocycles. The van der Waals surface area contributed by atoms with E-state index >= 15 is 0 Å². The normalized spacial score (nSPS) is 13.0. The highest BCUT2D eigenvalue weighted by Gasteiger charge is 2.17. The predicted molar refractivity (Wildman–Crippen MR) is 66.6 cm³/mol. The van der Waals surface area contributed by atoms with Crippen molar-refractivity contribution in [2.75, 3.05) is 13.2 Å². The zero-order chi connectivity index (χ0) is 13.5. The lowest BCUT2D eigenvalue weighted by Crippen LogP contribution is -2.46. The van der Waals surface area contributed by atoms with Crippen LogP contribution in [0.2, 0.25) is 0 Å². The van der Waals surface area contributed by atoms with Crippen molar-refractivity contribution in [3.63, 3.8) is 0 Å². The number of hydrogen-bond donors (Lipinski definition) is 2. The van der Waals surface area contributed by atoms with Gasteiger partial charge in [0.2, 0.25) is 11.8 Å². The van der Waals surface area contributed by atoms with Crippen LogP contribution in [0, 0.1) is 0 Å². The first-order valence-electron chi connectivity index (χ1n) is 5.97. The van der Waals surface area contributed by atoms with Crippen LogP contribution in [-0.4, -0.2) is 36.6 Å². The van der Waals surface area contributed by atoms with Crippen LogP contribution in [0.4, 0.5) is 0 Å². The Labute approximate surface area is 103 Å². The van der Waals surface area contributed by atoms with E-state index in [9.17, 15) is 9.59 Å². The molecule has 0 aliphatic rings. The van der Waals surface area contributed by atoms with Crippen LogP contribution >= 0.6 is 0 Å². The van der Waals surface area contributed by atoms with Gasteiger partial charge in [-0.25, -0.2) is 0 Å². The van der Waals surface area contributed by atoms with E-state index in [1.54, 1.807) is 6.92 Å². The Bertz CT molecular complexity index is 259. The number of ether oxygens (including phenoxy) is 1. The summed E-state index contributed by atoms with van der Waals surface area (Å²) in [6, 6.07) is -0.530. The maximum absolute atomic E-state index is 11.5. The molecule has 5 heteroatoms. The number of carbonyl (C=O) groups excluding carboxylic acids is 2. The average Bonchev–Trinajstić information content (AvgIpc) is 2.22. The maximum atomic E-state index is 11.5. The highest BCUT2D eigenvalue weighted by Crippen LogP contribution is 2.05. The molecule has 0 bridgehead atoms.